The first-order chi connectivity index (χ1) is 19.0. The molecule has 6 rings (SSSR count). The number of hydrogen-bond acceptors (Lipinski definition) is 5. The molecule has 0 saturated heterocycles. The van der Waals surface area contributed by atoms with Gasteiger partial charge in [-0.2, -0.15) is 5.10 Å². The van der Waals surface area contributed by atoms with Crippen LogP contribution in [-0.4, -0.2) is 20.3 Å². The second kappa shape index (κ2) is 10.2. The van der Waals surface area contributed by atoms with E-state index in [-0.39, 0.29) is 11.5 Å². The molecule has 1 atom stereocenters. The van der Waals surface area contributed by atoms with Crippen LogP contribution < -0.4 is 10.4 Å². The monoisotopic (exact) mass is 533 g/mol. The minimum atomic E-state index is -0.187. The first-order valence-corrected chi connectivity index (χ1v) is 13.6. The Morgan fingerprint density at radius 2 is 1.64 bits per heavy atom. The SMILES string of the molecule is Cc1c(N=c2scc(-c3cc4ccccc4o3)n2N=CC(C)c2ccccc2)c(=O)n(-c2ccccc2)n1C. The molecule has 0 fully saturated rings. The lowest BCUT2D eigenvalue weighted by molar-refractivity contribution is 0.621. The lowest BCUT2D eigenvalue weighted by Crippen LogP contribution is -2.20. The van der Waals surface area contributed by atoms with Gasteiger partial charge in [0.25, 0.3) is 5.56 Å². The molecule has 194 valence electrons. The Labute approximate surface area is 229 Å². The van der Waals surface area contributed by atoms with Crippen molar-refractivity contribution in [3.8, 4) is 17.1 Å². The number of rotatable bonds is 6. The van der Waals surface area contributed by atoms with Crippen molar-refractivity contribution in [2.45, 2.75) is 19.8 Å². The summed E-state index contributed by atoms with van der Waals surface area (Å²) in [6.07, 6.45) is 1.90. The molecule has 8 heteroatoms. The Balaban J connectivity index is 1.52. The molecule has 7 nitrogen and oxygen atoms in total. The summed E-state index contributed by atoms with van der Waals surface area (Å²) < 4.78 is 11.4. The highest BCUT2D eigenvalue weighted by Crippen LogP contribution is 2.28. The van der Waals surface area contributed by atoms with Crippen LogP contribution in [0.1, 0.15) is 24.1 Å². The Hall–Kier alpha value is -4.69. The van der Waals surface area contributed by atoms with Gasteiger partial charge in [-0.25, -0.2) is 14.4 Å². The summed E-state index contributed by atoms with van der Waals surface area (Å²) >= 11 is 1.42. The molecule has 39 heavy (non-hydrogen) atoms. The first-order valence-electron chi connectivity index (χ1n) is 12.7. The van der Waals surface area contributed by atoms with Gasteiger partial charge in [-0.05, 0) is 36.8 Å². The molecule has 0 radical (unpaired) electrons. The van der Waals surface area contributed by atoms with Crippen molar-refractivity contribution in [2.75, 3.05) is 0 Å². The number of furan rings is 1. The van der Waals surface area contributed by atoms with Crippen LogP contribution in [0.15, 0.2) is 116 Å². The Morgan fingerprint density at radius 3 is 2.38 bits per heavy atom. The maximum atomic E-state index is 13.6. The number of aromatic nitrogens is 3. The number of para-hydroxylation sites is 2. The van der Waals surface area contributed by atoms with E-state index in [1.807, 2.05) is 109 Å². The summed E-state index contributed by atoms with van der Waals surface area (Å²) in [5.74, 6) is 0.758. The van der Waals surface area contributed by atoms with Crippen LogP contribution in [-0.2, 0) is 7.05 Å². The van der Waals surface area contributed by atoms with E-state index in [0.29, 0.717) is 16.2 Å². The fraction of sp³-hybridized carbons (Fsp3) is 0.129. The van der Waals surface area contributed by atoms with Gasteiger partial charge in [0.1, 0.15) is 11.3 Å². The highest BCUT2D eigenvalue weighted by molar-refractivity contribution is 7.07. The molecule has 0 spiro atoms. The van der Waals surface area contributed by atoms with Crippen molar-refractivity contribution >= 4 is 34.2 Å². The lowest BCUT2D eigenvalue weighted by atomic mass is 10.0. The molecule has 0 aliphatic carbocycles. The van der Waals surface area contributed by atoms with Crippen LogP contribution in [0, 0.1) is 6.92 Å². The van der Waals surface area contributed by atoms with E-state index in [0.717, 1.165) is 33.6 Å². The maximum absolute atomic E-state index is 13.6. The Kier molecular flexibility index (Phi) is 6.46. The molecule has 0 N–H and O–H groups in total. The Bertz CT molecular complexity index is 1890. The fourth-order valence-corrected chi connectivity index (χ4v) is 5.38. The van der Waals surface area contributed by atoms with Crippen LogP contribution in [0.25, 0.3) is 28.1 Å². The quantitative estimate of drug-likeness (QED) is 0.226. The largest absolute Gasteiger partial charge is 0.454 e. The van der Waals surface area contributed by atoms with Crippen molar-refractivity contribution < 1.29 is 4.42 Å². The third kappa shape index (κ3) is 4.59. The molecule has 0 bridgehead atoms. The van der Waals surface area contributed by atoms with Gasteiger partial charge in [0.15, 0.2) is 11.4 Å². The first kappa shape index (κ1) is 24.6. The van der Waals surface area contributed by atoms with E-state index >= 15 is 0 Å². The van der Waals surface area contributed by atoms with Crippen molar-refractivity contribution in [1.29, 1.82) is 0 Å². The number of fused-ring (bicyclic) bond motifs is 1. The van der Waals surface area contributed by atoms with Crippen LogP contribution in [0.4, 0.5) is 5.69 Å². The molecule has 0 aliphatic heterocycles. The van der Waals surface area contributed by atoms with Crippen LogP contribution in [0.2, 0.25) is 0 Å². The standard InChI is InChI=1S/C31H27N5O2S/c1-21(23-12-6-4-7-13-23)19-32-35-26(28-18-24-14-10-11-17-27(24)38-28)20-39-31(35)33-29-22(2)34(3)36(30(29)37)25-15-8-5-9-16-25/h4-21H,1-3H3. The molecule has 1 unspecified atom stereocenters. The average Bonchev–Trinajstić information content (AvgIpc) is 3.64. The fourth-order valence-electron chi connectivity index (χ4n) is 4.56. The second-order valence-electron chi connectivity index (χ2n) is 9.35. The summed E-state index contributed by atoms with van der Waals surface area (Å²) in [5.41, 5.74) is 4.46. The maximum Gasteiger partial charge on any atom is 0.297 e. The van der Waals surface area contributed by atoms with Crippen LogP contribution >= 0.6 is 11.3 Å². The van der Waals surface area contributed by atoms with Gasteiger partial charge in [0.05, 0.1) is 11.4 Å². The number of thiazole rings is 1. The molecule has 0 aliphatic rings. The topological polar surface area (TPSA) is 69.7 Å². The molecule has 3 aromatic heterocycles. The highest BCUT2D eigenvalue weighted by Gasteiger charge is 2.18. The summed E-state index contributed by atoms with van der Waals surface area (Å²) in [6.45, 7) is 4.00. The minimum Gasteiger partial charge on any atom is -0.454 e. The van der Waals surface area contributed by atoms with Crippen molar-refractivity contribution in [1.82, 2.24) is 14.0 Å². The molecule has 0 saturated carbocycles. The molecular formula is C31H27N5O2S. The number of nitrogens with zero attached hydrogens (tertiary/aromatic N) is 5. The van der Waals surface area contributed by atoms with Gasteiger partial charge in [0, 0.05) is 29.9 Å². The van der Waals surface area contributed by atoms with E-state index in [9.17, 15) is 4.79 Å². The van der Waals surface area contributed by atoms with E-state index in [1.165, 1.54) is 11.3 Å². The van der Waals surface area contributed by atoms with Gasteiger partial charge < -0.3 is 4.42 Å². The predicted molar refractivity (Wildman–Crippen MR) is 157 cm³/mol. The lowest BCUT2D eigenvalue weighted by Gasteiger charge is -2.07. The molecule has 3 heterocycles. The molecule has 6 aromatic rings. The zero-order valence-electron chi connectivity index (χ0n) is 21.9. The van der Waals surface area contributed by atoms with Crippen LogP contribution in [0.5, 0.6) is 0 Å². The minimum absolute atomic E-state index is 0.0729. The Morgan fingerprint density at radius 1 is 0.949 bits per heavy atom. The van der Waals surface area contributed by atoms with E-state index in [2.05, 4.69) is 19.1 Å². The second-order valence-corrected chi connectivity index (χ2v) is 10.2. The van der Waals surface area contributed by atoms with E-state index in [1.54, 1.807) is 9.36 Å². The highest BCUT2D eigenvalue weighted by atomic mass is 32.1. The van der Waals surface area contributed by atoms with Gasteiger partial charge in [-0.15, -0.1) is 11.3 Å². The van der Waals surface area contributed by atoms with Gasteiger partial charge in [0.2, 0.25) is 4.80 Å². The summed E-state index contributed by atoms with van der Waals surface area (Å²) in [5, 5.41) is 7.84. The normalized spacial score (nSPS) is 13.1. The molecular weight excluding hydrogens is 506 g/mol. The zero-order chi connectivity index (χ0) is 26.9. The summed E-state index contributed by atoms with van der Waals surface area (Å²) in [6, 6.07) is 29.7. The number of hydrogen-bond donors (Lipinski definition) is 0. The summed E-state index contributed by atoms with van der Waals surface area (Å²) in [4.78, 5) is 19.0. The predicted octanol–water partition coefficient (Wildman–Crippen LogP) is 6.63. The van der Waals surface area contributed by atoms with Gasteiger partial charge in [-0.1, -0.05) is 73.7 Å². The summed E-state index contributed by atoms with van der Waals surface area (Å²) in [7, 11) is 1.87. The van der Waals surface area contributed by atoms with Crippen molar-refractivity contribution in [3.63, 3.8) is 0 Å². The van der Waals surface area contributed by atoms with Crippen LogP contribution in [0.3, 0.4) is 0 Å². The van der Waals surface area contributed by atoms with E-state index < -0.39 is 0 Å². The van der Waals surface area contributed by atoms with Gasteiger partial charge in [-0.3, -0.25) is 9.48 Å². The molecule has 3 aromatic carbocycles. The third-order valence-electron chi connectivity index (χ3n) is 6.83. The number of benzene rings is 3. The van der Waals surface area contributed by atoms with Gasteiger partial charge >= 0.3 is 0 Å². The zero-order valence-corrected chi connectivity index (χ0v) is 22.7. The smallest absolute Gasteiger partial charge is 0.297 e. The average molecular weight is 534 g/mol. The van der Waals surface area contributed by atoms with Crippen molar-refractivity contribution in [3.05, 3.63) is 123 Å². The van der Waals surface area contributed by atoms with Crippen molar-refractivity contribution in [2.24, 2.45) is 17.1 Å². The molecule has 0 amide bonds. The third-order valence-corrected chi connectivity index (χ3v) is 7.64. The van der Waals surface area contributed by atoms with E-state index in [4.69, 9.17) is 14.5 Å².